The van der Waals surface area contributed by atoms with E-state index in [1.165, 1.54) is 11.3 Å². The van der Waals surface area contributed by atoms with E-state index >= 15 is 0 Å². The lowest BCUT2D eigenvalue weighted by molar-refractivity contribution is 0.578. The Kier molecular flexibility index (Phi) is 5.09. The van der Waals surface area contributed by atoms with E-state index in [1.807, 2.05) is 19.4 Å². The number of nitrogens with one attached hydrogen (secondary N) is 2. The molecule has 0 saturated heterocycles. The lowest BCUT2D eigenvalue weighted by Crippen LogP contribution is -2.28. The molecule has 0 aliphatic carbocycles. The maximum absolute atomic E-state index is 12.4. The van der Waals surface area contributed by atoms with Gasteiger partial charge in [0.1, 0.15) is 17.0 Å². The quantitative estimate of drug-likeness (QED) is 0.769. The molecule has 0 bridgehead atoms. The molecular formula is C12H19N5O2S2. The molecule has 0 amide bonds. The molecule has 21 heavy (non-hydrogen) atoms. The van der Waals surface area contributed by atoms with Crippen molar-refractivity contribution >= 4 is 21.4 Å². The average molecular weight is 329 g/mol. The van der Waals surface area contributed by atoms with Crippen molar-refractivity contribution in [3.05, 3.63) is 28.0 Å². The zero-order valence-electron chi connectivity index (χ0n) is 12.3. The summed E-state index contributed by atoms with van der Waals surface area (Å²) in [5.74, 6) is 0.746. The minimum atomic E-state index is -3.50. The van der Waals surface area contributed by atoms with Crippen LogP contribution in [0.4, 0.5) is 0 Å². The number of aryl methyl sites for hydroxylation is 2. The molecule has 2 N–H and O–H groups in total. The molecule has 2 heterocycles. The van der Waals surface area contributed by atoms with Crippen LogP contribution in [0.15, 0.2) is 16.6 Å². The van der Waals surface area contributed by atoms with Crippen molar-refractivity contribution in [3.8, 4) is 0 Å². The summed E-state index contributed by atoms with van der Waals surface area (Å²) in [7, 11) is 0.126. The summed E-state index contributed by atoms with van der Waals surface area (Å²) in [4.78, 5) is 1.21. The third kappa shape index (κ3) is 3.67. The van der Waals surface area contributed by atoms with Gasteiger partial charge in [-0.3, -0.25) is 0 Å². The smallest absolute Gasteiger partial charge is 0.241 e. The predicted molar refractivity (Wildman–Crippen MR) is 81.7 cm³/mol. The van der Waals surface area contributed by atoms with Gasteiger partial charge in [0.25, 0.3) is 0 Å². The van der Waals surface area contributed by atoms with Crippen LogP contribution in [0.2, 0.25) is 0 Å². The molecule has 2 rings (SSSR count). The van der Waals surface area contributed by atoms with Crippen LogP contribution >= 0.6 is 11.3 Å². The summed E-state index contributed by atoms with van der Waals surface area (Å²) < 4.78 is 29.3. The van der Waals surface area contributed by atoms with Gasteiger partial charge >= 0.3 is 0 Å². The zero-order valence-corrected chi connectivity index (χ0v) is 13.9. The number of thiophene rings is 1. The number of hydrogen-bond donors (Lipinski definition) is 2. The number of nitrogens with zero attached hydrogens (tertiary/aromatic N) is 3. The fraction of sp³-hybridized carbons (Fsp3) is 0.500. The Bertz CT molecular complexity index is 705. The fourth-order valence-electron chi connectivity index (χ4n) is 2.03. The molecule has 2 aromatic rings. The summed E-state index contributed by atoms with van der Waals surface area (Å²) in [6, 6.07) is 0. The Hall–Kier alpha value is -1.29. The minimum absolute atomic E-state index is 0.295. The number of hydrogen-bond acceptors (Lipinski definition) is 6. The summed E-state index contributed by atoms with van der Waals surface area (Å²) >= 11 is 1.45. The predicted octanol–water partition coefficient (Wildman–Crippen LogP) is 0.425. The number of sulfonamides is 1. The molecule has 0 radical (unpaired) electrons. The van der Waals surface area contributed by atoms with Gasteiger partial charge in [-0.15, -0.1) is 21.5 Å². The molecule has 7 nitrogen and oxygen atoms in total. The van der Waals surface area contributed by atoms with E-state index in [9.17, 15) is 8.42 Å². The first-order chi connectivity index (χ1) is 9.95. The second kappa shape index (κ2) is 6.65. The lowest BCUT2D eigenvalue weighted by Gasteiger charge is -2.09. The normalized spacial score (nSPS) is 12.0. The van der Waals surface area contributed by atoms with Crippen LogP contribution in [-0.4, -0.2) is 36.8 Å². The van der Waals surface area contributed by atoms with E-state index in [-0.39, 0.29) is 0 Å². The third-order valence-electron chi connectivity index (χ3n) is 3.04. The molecule has 0 aliphatic rings. The van der Waals surface area contributed by atoms with Crippen LogP contribution in [0, 0.1) is 6.92 Å². The third-order valence-corrected chi connectivity index (χ3v) is 5.96. The van der Waals surface area contributed by atoms with E-state index in [2.05, 4.69) is 20.2 Å². The molecule has 0 fully saturated rings. The van der Waals surface area contributed by atoms with Crippen molar-refractivity contribution < 1.29 is 8.42 Å². The first-order valence-corrected chi connectivity index (χ1v) is 8.86. The van der Waals surface area contributed by atoms with Crippen LogP contribution in [0.1, 0.15) is 16.3 Å². The SMILES string of the molecule is CNCc1scc(C)c1S(=O)(=O)NCCc1nncn1C. The first kappa shape index (κ1) is 16.1. The molecule has 9 heteroatoms. The van der Waals surface area contributed by atoms with Crippen LogP contribution in [0.5, 0.6) is 0 Å². The van der Waals surface area contributed by atoms with Gasteiger partial charge in [-0.1, -0.05) is 0 Å². The Morgan fingerprint density at radius 2 is 2.19 bits per heavy atom. The van der Waals surface area contributed by atoms with Crippen LogP contribution in [-0.2, 0) is 30.0 Å². The van der Waals surface area contributed by atoms with E-state index in [0.717, 1.165) is 16.3 Å². The molecular weight excluding hydrogens is 310 g/mol. The van der Waals surface area contributed by atoms with Gasteiger partial charge in [-0.2, -0.15) is 0 Å². The molecule has 0 unspecified atom stereocenters. The van der Waals surface area contributed by atoms with Gasteiger partial charge in [0.05, 0.1) is 0 Å². The van der Waals surface area contributed by atoms with Crippen molar-refractivity contribution in [2.24, 2.45) is 7.05 Å². The second-order valence-electron chi connectivity index (χ2n) is 4.71. The number of rotatable bonds is 7. The standard InChI is InChI=1S/C12H19N5O2S2/c1-9-7-20-10(6-13-2)12(9)21(18,19)15-5-4-11-16-14-8-17(11)3/h7-8,13,15H,4-6H2,1-3H3. The van der Waals surface area contributed by atoms with Crippen LogP contribution in [0.3, 0.4) is 0 Å². The highest BCUT2D eigenvalue weighted by Gasteiger charge is 2.22. The average Bonchev–Trinajstić information content (AvgIpc) is 2.97. The Morgan fingerprint density at radius 1 is 1.43 bits per heavy atom. The molecule has 116 valence electrons. The minimum Gasteiger partial charge on any atom is -0.321 e. The van der Waals surface area contributed by atoms with Gasteiger partial charge in [0.15, 0.2) is 0 Å². The molecule has 0 spiro atoms. The van der Waals surface area contributed by atoms with Gasteiger partial charge in [-0.25, -0.2) is 13.1 Å². The Labute approximate surface area is 128 Å². The highest BCUT2D eigenvalue weighted by atomic mass is 32.2. The first-order valence-electron chi connectivity index (χ1n) is 6.50. The molecule has 0 aromatic carbocycles. The Morgan fingerprint density at radius 3 is 2.81 bits per heavy atom. The summed E-state index contributed by atoms with van der Waals surface area (Å²) in [5.41, 5.74) is 0.774. The van der Waals surface area contributed by atoms with E-state index in [0.29, 0.717) is 24.4 Å². The molecule has 0 saturated carbocycles. The fourth-order valence-corrected chi connectivity index (χ4v) is 4.88. The maximum atomic E-state index is 12.4. The van der Waals surface area contributed by atoms with Gasteiger partial charge in [-0.05, 0) is 24.9 Å². The van der Waals surface area contributed by atoms with Crippen LogP contribution in [0.25, 0.3) is 0 Å². The Balaban J connectivity index is 2.08. The maximum Gasteiger partial charge on any atom is 0.241 e. The summed E-state index contributed by atoms with van der Waals surface area (Å²) in [5, 5.41) is 12.6. The van der Waals surface area contributed by atoms with Crippen molar-refractivity contribution in [1.29, 1.82) is 0 Å². The van der Waals surface area contributed by atoms with Crippen molar-refractivity contribution in [2.45, 2.75) is 24.8 Å². The highest BCUT2D eigenvalue weighted by molar-refractivity contribution is 7.89. The van der Waals surface area contributed by atoms with E-state index < -0.39 is 10.0 Å². The summed E-state index contributed by atoms with van der Waals surface area (Å²) in [6.07, 6.45) is 2.10. The van der Waals surface area contributed by atoms with Crippen molar-refractivity contribution in [2.75, 3.05) is 13.6 Å². The lowest BCUT2D eigenvalue weighted by atomic mass is 10.3. The topological polar surface area (TPSA) is 88.9 Å². The van der Waals surface area contributed by atoms with Gasteiger partial charge < -0.3 is 9.88 Å². The van der Waals surface area contributed by atoms with Crippen molar-refractivity contribution in [3.63, 3.8) is 0 Å². The highest BCUT2D eigenvalue weighted by Crippen LogP contribution is 2.26. The second-order valence-corrected chi connectivity index (χ2v) is 7.38. The van der Waals surface area contributed by atoms with Crippen molar-refractivity contribution in [1.82, 2.24) is 24.8 Å². The summed E-state index contributed by atoms with van der Waals surface area (Å²) in [6.45, 7) is 2.65. The van der Waals surface area contributed by atoms with Gasteiger partial charge in [0, 0.05) is 31.4 Å². The molecule has 2 aromatic heterocycles. The van der Waals surface area contributed by atoms with E-state index in [4.69, 9.17) is 0 Å². The molecule has 0 aliphatic heterocycles. The van der Waals surface area contributed by atoms with Gasteiger partial charge in [0.2, 0.25) is 10.0 Å². The largest absolute Gasteiger partial charge is 0.321 e. The number of aromatic nitrogens is 3. The van der Waals surface area contributed by atoms with E-state index in [1.54, 1.807) is 17.9 Å². The monoisotopic (exact) mass is 329 g/mol. The van der Waals surface area contributed by atoms with Crippen LogP contribution < -0.4 is 10.0 Å². The zero-order chi connectivity index (χ0) is 15.5. The molecule has 0 atom stereocenters.